The molecule has 0 spiro atoms. The second-order valence-electron chi connectivity index (χ2n) is 5.21. The molecule has 6 nitrogen and oxygen atoms in total. The third-order valence-electron chi connectivity index (χ3n) is 3.07. The van der Waals surface area contributed by atoms with Gasteiger partial charge in [-0.25, -0.2) is 0 Å². The summed E-state index contributed by atoms with van der Waals surface area (Å²) < 4.78 is 0. The highest BCUT2D eigenvalue weighted by Gasteiger charge is 2.15. The van der Waals surface area contributed by atoms with E-state index in [1.54, 1.807) is 12.1 Å². The molecule has 0 saturated heterocycles. The highest BCUT2D eigenvalue weighted by molar-refractivity contribution is 6.40. The van der Waals surface area contributed by atoms with Gasteiger partial charge in [-0.3, -0.25) is 14.4 Å². The van der Waals surface area contributed by atoms with Crippen molar-refractivity contribution in [1.29, 1.82) is 0 Å². The van der Waals surface area contributed by atoms with Crippen molar-refractivity contribution in [2.45, 2.75) is 6.92 Å². The fourth-order valence-electron chi connectivity index (χ4n) is 1.90. The summed E-state index contributed by atoms with van der Waals surface area (Å²) in [4.78, 5) is 35.3. The van der Waals surface area contributed by atoms with Gasteiger partial charge < -0.3 is 16.0 Å². The van der Waals surface area contributed by atoms with Gasteiger partial charge in [-0.2, -0.15) is 0 Å². The van der Waals surface area contributed by atoms with Gasteiger partial charge in [-0.15, -0.1) is 0 Å². The smallest absolute Gasteiger partial charge is 0.313 e. The summed E-state index contributed by atoms with van der Waals surface area (Å²) in [5.74, 6) is -2.33. The lowest BCUT2D eigenvalue weighted by Crippen LogP contribution is -2.39. The summed E-state index contributed by atoms with van der Waals surface area (Å²) in [6, 6.07) is 11.6. The standard InChI is InChI=1S/C17H15Cl2N3O3/c1-10-2-4-13(5-3-10)21-15(23)9-20-16(24)17(25)22-14-7-11(18)6-12(19)8-14/h2-8H,9H2,1H3,(H,20,24)(H,21,23)(H,22,25). The van der Waals surface area contributed by atoms with Crippen LogP contribution in [0.25, 0.3) is 0 Å². The van der Waals surface area contributed by atoms with Crippen molar-refractivity contribution in [1.82, 2.24) is 5.32 Å². The van der Waals surface area contributed by atoms with E-state index in [4.69, 9.17) is 23.2 Å². The first kappa shape index (κ1) is 18.8. The summed E-state index contributed by atoms with van der Waals surface area (Å²) in [6.07, 6.45) is 0. The second-order valence-corrected chi connectivity index (χ2v) is 6.08. The number of nitrogens with one attached hydrogen (secondary N) is 3. The number of carbonyl (C=O) groups excluding carboxylic acids is 3. The third kappa shape index (κ3) is 6.10. The Morgan fingerprint density at radius 1 is 0.840 bits per heavy atom. The Morgan fingerprint density at radius 2 is 1.44 bits per heavy atom. The van der Waals surface area contributed by atoms with E-state index in [-0.39, 0.29) is 12.2 Å². The van der Waals surface area contributed by atoms with Crippen LogP contribution in [-0.4, -0.2) is 24.3 Å². The van der Waals surface area contributed by atoms with E-state index in [1.807, 2.05) is 19.1 Å². The molecule has 0 heterocycles. The molecule has 8 heteroatoms. The SMILES string of the molecule is Cc1ccc(NC(=O)CNC(=O)C(=O)Nc2cc(Cl)cc(Cl)c2)cc1. The number of carbonyl (C=O) groups is 3. The molecule has 0 aliphatic heterocycles. The maximum absolute atomic E-state index is 11.8. The molecule has 3 amide bonds. The molecule has 0 bridgehead atoms. The minimum absolute atomic E-state index is 0.279. The number of halogens is 2. The van der Waals surface area contributed by atoms with Crippen LogP contribution in [0.1, 0.15) is 5.56 Å². The van der Waals surface area contributed by atoms with E-state index in [0.717, 1.165) is 5.56 Å². The fraction of sp³-hybridized carbons (Fsp3) is 0.118. The first-order valence-electron chi connectivity index (χ1n) is 7.25. The van der Waals surface area contributed by atoms with Gasteiger partial charge in [0.25, 0.3) is 0 Å². The van der Waals surface area contributed by atoms with Crippen LogP contribution in [-0.2, 0) is 14.4 Å². The van der Waals surface area contributed by atoms with E-state index in [1.165, 1.54) is 18.2 Å². The zero-order valence-electron chi connectivity index (χ0n) is 13.2. The van der Waals surface area contributed by atoms with E-state index in [0.29, 0.717) is 15.7 Å². The van der Waals surface area contributed by atoms with E-state index < -0.39 is 17.7 Å². The number of hydrogen-bond acceptors (Lipinski definition) is 3. The fourth-order valence-corrected chi connectivity index (χ4v) is 2.42. The molecule has 2 aromatic carbocycles. The van der Waals surface area contributed by atoms with E-state index in [2.05, 4.69) is 16.0 Å². The molecule has 0 saturated carbocycles. The zero-order valence-corrected chi connectivity index (χ0v) is 14.7. The molecule has 0 unspecified atom stereocenters. The normalized spacial score (nSPS) is 10.0. The lowest BCUT2D eigenvalue weighted by molar-refractivity contribution is -0.136. The molecule has 0 radical (unpaired) electrons. The molecule has 3 N–H and O–H groups in total. The van der Waals surface area contributed by atoms with Crippen LogP contribution in [0.15, 0.2) is 42.5 Å². The molecule has 130 valence electrons. The Kier molecular flexibility index (Phi) is 6.38. The number of anilines is 2. The van der Waals surface area contributed by atoms with Crippen LogP contribution in [0.5, 0.6) is 0 Å². The van der Waals surface area contributed by atoms with Crippen LogP contribution < -0.4 is 16.0 Å². The van der Waals surface area contributed by atoms with Crippen LogP contribution in [0, 0.1) is 6.92 Å². The summed E-state index contributed by atoms with van der Waals surface area (Å²) >= 11 is 11.6. The van der Waals surface area contributed by atoms with Gasteiger partial charge in [0.15, 0.2) is 0 Å². The van der Waals surface area contributed by atoms with Gasteiger partial charge in [0, 0.05) is 21.4 Å². The van der Waals surface area contributed by atoms with Crippen LogP contribution >= 0.6 is 23.2 Å². The van der Waals surface area contributed by atoms with Gasteiger partial charge in [0.1, 0.15) is 0 Å². The van der Waals surface area contributed by atoms with Gasteiger partial charge >= 0.3 is 11.8 Å². The Hall–Kier alpha value is -2.57. The zero-order chi connectivity index (χ0) is 18.4. The van der Waals surface area contributed by atoms with Crippen molar-refractivity contribution >= 4 is 52.3 Å². The minimum atomic E-state index is -0.949. The first-order valence-corrected chi connectivity index (χ1v) is 8.01. The number of amides is 3. The molecule has 0 aromatic heterocycles. The number of hydrogen-bond donors (Lipinski definition) is 3. The lowest BCUT2D eigenvalue weighted by atomic mass is 10.2. The average molecular weight is 380 g/mol. The Morgan fingerprint density at radius 3 is 2.04 bits per heavy atom. The third-order valence-corrected chi connectivity index (χ3v) is 3.51. The molecular formula is C17H15Cl2N3O3. The Bertz CT molecular complexity index is 787. The Labute approximate surface area is 154 Å². The van der Waals surface area contributed by atoms with E-state index >= 15 is 0 Å². The minimum Gasteiger partial charge on any atom is -0.339 e. The molecular weight excluding hydrogens is 365 g/mol. The monoisotopic (exact) mass is 379 g/mol. The number of aryl methyl sites for hydroxylation is 1. The van der Waals surface area contributed by atoms with Crippen molar-refractivity contribution < 1.29 is 14.4 Å². The molecule has 0 aliphatic rings. The van der Waals surface area contributed by atoms with Gasteiger partial charge in [-0.1, -0.05) is 40.9 Å². The van der Waals surface area contributed by atoms with Crippen LogP contribution in [0.3, 0.4) is 0 Å². The van der Waals surface area contributed by atoms with Crippen molar-refractivity contribution in [2.75, 3.05) is 17.2 Å². The molecule has 0 aliphatic carbocycles. The predicted molar refractivity (Wildman–Crippen MR) is 97.9 cm³/mol. The first-order chi connectivity index (χ1) is 11.8. The molecule has 25 heavy (non-hydrogen) atoms. The van der Waals surface area contributed by atoms with Gasteiger partial charge in [0.2, 0.25) is 5.91 Å². The Balaban J connectivity index is 1.83. The summed E-state index contributed by atoms with van der Waals surface area (Å²) in [7, 11) is 0. The van der Waals surface area contributed by atoms with Crippen molar-refractivity contribution in [3.63, 3.8) is 0 Å². The molecule has 2 aromatic rings. The quantitative estimate of drug-likeness (QED) is 0.713. The number of benzene rings is 2. The summed E-state index contributed by atoms with van der Waals surface area (Å²) in [5.41, 5.74) is 1.94. The molecule has 0 atom stereocenters. The maximum atomic E-state index is 11.8. The predicted octanol–water partition coefficient (Wildman–Crippen LogP) is 3.00. The van der Waals surface area contributed by atoms with Crippen molar-refractivity contribution in [3.8, 4) is 0 Å². The highest BCUT2D eigenvalue weighted by Crippen LogP contribution is 2.22. The van der Waals surface area contributed by atoms with Crippen LogP contribution in [0.2, 0.25) is 10.0 Å². The van der Waals surface area contributed by atoms with Gasteiger partial charge in [0.05, 0.1) is 6.54 Å². The molecule has 2 rings (SSSR count). The lowest BCUT2D eigenvalue weighted by Gasteiger charge is -2.08. The highest BCUT2D eigenvalue weighted by atomic mass is 35.5. The maximum Gasteiger partial charge on any atom is 0.313 e. The largest absolute Gasteiger partial charge is 0.339 e. The second kappa shape index (κ2) is 8.50. The van der Waals surface area contributed by atoms with Crippen molar-refractivity contribution in [2.24, 2.45) is 0 Å². The molecule has 0 fully saturated rings. The number of rotatable bonds is 4. The summed E-state index contributed by atoms with van der Waals surface area (Å²) in [6.45, 7) is 1.59. The van der Waals surface area contributed by atoms with Crippen LogP contribution in [0.4, 0.5) is 11.4 Å². The van der Waals surface area contributed by atoms with E-state index in [9.17, 15) is 14.4 Å². The summed E-state index contributed by atoms with van der Waals surface area (Å²) in [5, 5.41) is 7.83. The van der Waals surface area contributed by atoms with Gasteiger partial charge in [-0.05, 0) is 37.3 Å². The topological polar surface area (TPSA) is 87.3 Å². The van der Waals surface area contributed by atoms with Crippen molar-refractivity contribution in [3.05, 3.63) is 58.1 Å². The average Bonchev–Trinajstić information content (AvgIpc) is 2.53.